The molecule has 0 bridgehead atoms. The van der Waals surface area contributed by atoms with Gasteiger partial charge in [0.15, 0.2) is 0 Å². The molecule has 174 valence electrons. The minimum Gasteiger partial charge on any atom is -0.354 e. The summed E-state index contributed by atoms with van der Waals surface area (Å²) >= 11 is 0. The van der Waals surface area contributed by atoms with Crippen molar-refractivity contribution in [1.29, 1.82) is 0 Å². The number of H-pyrrole nitrogens is 1. The Labute approximate surface area is 219 Å². The summed E-state index contributed by atoms with van der Waals surface area (Å²) in [6.07, 6.45) is 0. The van der Waals surface area contributed by atoms with Gasteiger partial charge in [0.1, 0.15) is 0 Å². The van der Waals surface area contributed by atoms with Gasteiger partial charge in [-0.3, -0.25) is 0 Å². The second kappa shape index (κ2) is 8.96. The molecule has 0 saturated heterocycles. The van der Waals surface area contributed by atoms with Crippen molar-refractivity contribution in [2.75, 3.05) is 0 Å². The molecule has 7 aromatic rings. The number of benzene rings is 6. The van der Waals surface area contributed by atoms with Crippen LogP contribution >= 0.6 is 0 Å². The molecule has 0 unspecified atom stereocenters. The fourth-order valence-electron chi connectivity index (χ4n) is 5.42. The van der Waals surface area contributed by atoms with E-state index in [1.807, 2.05) is 54.6 Å². The van der Waals surface area contributed by atoms with E-state index in [1.165, 1.54) is 0 Å². The largest absolute Gasteiger partial charge is 0.354 e. The molecule has 0 amide bonds. The number of para-hydroxylation sites is 1. The Bertz CT molecular complexity index is 1970. The van der Waals surface area contributed by atoms with Gasteiger partial charge in [0.25, 0.3) is 0 Å². The zero-order chi connectivity index (χ0) is 26.3. The Morgan fingerprint density at radius 3 is 1.59 bits per heavy atom. The summed E-state index contributed by atoms with van der Waals surface area (Å²) in [5.74, 6) is 0. The highest BCUT2D eigenvalue weighted by molar-refractivity contribution is 6.19. The maximum absolute atomic E-state index is 9.41. The van der Waals surface area contributed by atoms with Gasteiger partial charge in [0, 0.05) is 27.4 Å². The lowest BCUT2D eigenvalue weighted by molar-refractivity contribution is 1.53. The van der Waals surface area contributed by atoms with Crippen LogP contribution in [0.2, 0.25) is 0 Å². The molecule has 7 rings (SSSR count). The number of hydrogen-bond acceptors (Lipinski definition) is 0. The first kappa shape index (κ1) is 19.3. The van der Waals surface area contributed by atoms with Crippen LogP contribution in [-0.4, -0.2) is 4.98 Å². The smallest absolute Gasteiger partial charge is 0.0645 e. The predicted octanol–water partition coefficient (Wildman–Crippen LogP) is 9.99. The number of aromatic amines is 1. The van der Waals surface area contributed by atoms with Gasteiger partial charge < -0.3 is 4.98 Å². The average molecular weight is 474 g/mol. The van der Waals surface area contributed by atoms with Gasteiger partial charge in [0.05, 0.1) is 2.74 Å². The van der Waals surface area contributed by atoms with E-state index >= 15 is 0 Å². The van der Waals surface area contributed by atoms with Crippen molar-refractivity contribution in [3.8, 4) is 44.5 Å². The van der Waals surface area contributed by atoms with Crippen LogP contribution in [0.1, 0.15) is 2.74 Å². The fraction of sp³-hybridized carbons (Fsp3) is 0. The van der Waals surface area contributed by atoms with E-state index in [0.29, 0.717) is 5.52 Å². The zero-order valence-corrected chi connectivity index (χ0v) is 20.2. The highest BCUT2D eigenvalue weighted by Crippen LogP contribution is 2.46. The number of hydrogen-bond donors (Lipinski definition) is 1. The van der Waals surface area contributed by atoms with Gasteiger partial charge in [0.2, 0.25) is 0 Å². The SMILES string of the molecule is [2H]c1c(-c2ccccc2-c2ccccc2)c(-c2ccccc2-c2ccccc2)c2c([nH]c3ccccc32)c1[2H]. The lowest BCUT2D eigenvalue weighted by Gasteiger charge is -2.19. The monoisotopic (exact) mass is 473 g/mol. The van der Waals surface area contributed by atoms with Gasteiger partial charge in [-0.05, 0) is 51.1 Å². The van der Waals surface area contributed by atoms with Gasteiger partial charge in [-0.25, -0.2) is 0 Å². The molecular formula is C36H25N. The van der Waals surface area contributed by atoms with Crippen LogP contribution < -0.4 is 0 Å². The lowest BCUT2D eigenvalue weighted by Crippen LogP contribution is -1.92. The first-order valence-corrected chi connectivity index (χ1v) is 12.6. The molecule has 0 atom stereocenters. The number of rotatable bonds is 4. The second-order valence-corrected chi connectivity index (χ2v) is 9.24. The van der Waals surface area contributed by atoms with Crippen molar-refractivity contribution < 1.29 is 2.74 Å². The third kappa shape index (κ3) is 3.64. The predicted molar refractivity (Wildman–Crippen MR) is 158 cm³/mol. The Morgan fingerprint density at radius 1 is 0.405 bits per heavy atom. The molecule has 1 aromatic heterocycles. The maximum atomic E-state index is 9.41. The zero-order valence-electron chi connectivity index (χ0n) is 22.2. The van der Waals surface area contributed by atoms with Crippen LogP contribution in [0.25, 0.3) is 66.3 Å². The molecule has 0 spiro atoms. The van der Waals surface area contributed by atoms with Crippen LogP contribution in [0.5, 0.6) is 0 Å². The van der Waals surface area contributed by atoms with E-state index in [-0.39, 0.29) is 12.1 Å². The van der Waals surface area contributed by atoms with Crippen molar-refractivity contribution in [3.63, 3.8) is 0 Å². The molecule has 0 aliphatic carbocycles. The highest BCUT2D eigenvalue weighted by atomic mass is 14.7. The van der Waals surface area contributed by atoms with Gasteiger partial charge in [-0.15, -0.1) is 0 Å². The molecule has 1 heterocycles. The molecule has 37 heavy (non-hydrogen) atoms. The quantitative estimate of drug-likeness (QED) is 0.262. The van der Waals surface area contributed by atoms with E-state index in [9.17, 15) is 1.37 Å². The molecule has 1 N–H and O–H groups in total. The topological polar surface area (TPSA) is 15.8 Å². The summed E-state index contributed by atoms with van der Waals surface area (Å²) < 4.78 is 18.5. The molecular weight excluding hydrogens is 446 g/mol. The molecule has 1 nitrogen and oxygen atoms in total. The van der Waals surface area contributed by atoms with Crippen molar-refractivity contribution in [3.05, 3.63) is 146 Å². The summed E-state index contributed by atoms with van der Waals surface area (Å²) in [7, 11) is 0. The third-order valence-corrected chi connectivity index (χ3v) is 7.08. The van der Waals surface area contributed by atoms with Crippen molar-refractivity contribution in [1.82, 2.24) is 4.98 Å². The normalized spacial score (nSPS) is 12.0. The molecule has 6 aromatic carbocycles. The van der Waals surface area contributed by atoms with Crippen LogP contribution in [0, 0.1) is 0 Å². The van der Waals surface area contributed by atoms with E-state index < -0.39 is 0 Å². The third-order valence-electron chi connectivity index (χ3n) is 7.08. The van der Waals surface area contributed by atoms with Gasteiger partial charge in [-0.2, -0.15) is 0 Å². The van der Waals surface area contributed by atoms with Crippen molar-refractivity contribution in [2.24, 2.45) is 0 Å². The number of nitrogens with one attached hydrogen (secondary N) is 1. The van der Waals surface area contributed by atoms with Crippen LogP contribution in [0.15, 0.2) is 146 Å². The van der Waals surface area contributed by atoms with Crippen molar-refractivity contribution in [2.45, 2.75) is 0 Å². The van der Waals surface area contributed by atoms with Gasteiger partial charge in [-0.1, -0.05) is 133 Å². The minimum atomic E-state index is 0.208. The number of aromatic nitrogens is 1. The Balaban J connectivity index is 1.69. The van der Waals surface area contributed by atoms with E-state index in [2.05, 4.69) is 83.8 Å². The summed E-state index contributed by atoms with van der Waals surface area (Å²) in [5.41, 5.74) is 9.75. The summed E-state index contributed by atoms with van der Waals surface area (Å²) in [4.78, 5) is 3.47. The minimum absolute atomic E-state index is 0.208. The van der Waals surface area contributed by atoms with E-state index in [4.69, 9.17) is 1.37 Å². The lowest BCUT2D eigenvalue weighted by atomic mass is 9.84. The Morgan fingerprint density at radius 2 is 0.919 bits per heavy atom. The van der Waals surface area contributed by atoms with Crippen LogP contribution in [-0.2, 0) is 0 Å². The summed E-state index contributed by atoms with van der Waals surface area (Å²) in [6, 6.07) is 46.0. The molecule has 0 fully saturated rings. The molecule has 0 saturated carbocycles. The first-order valence-electron chi connectivity index (χ1n) is 13.6. The van der Waals surface area contributed by atoms with E-state index in [0.717, 1.165) is 60.8 Å². The van der Waals surface area contributed by atoms with Crippen LogP contribution in [0.4, 0.5) is 0 Å². The van der Waals surface area contributed by atoms with Crippen molar-refractivity contribution >= 4 is 21.8 Å². The maximum Gasteiger partial charge on any atom is 0.0645 e. The van der Waals surface area contributed by atoms with Crippen LogP contribution in [0.3, 0.4) is 0 Å². The summed E-state index contributed by atoms with van der Waals surface area (Å²) in [6.45, 7) is 0. The molecule has 1 heteroatoms. The van der Waals surface area contributed by atoms with Gasteiger partial charge >= 0.3 is 0 Å². The molecule has 0 aliphatic rings. The second-order valence-electron chi connectivity index (χ2n) is 9.24. The Kier molecular flexibility index (Phi) is 4.68. The number of fused-ring (bicyclic) bond motifs is 3. The summed E-state index contributed by atoms with van der Waals surface area (Å²) in [5, 5.41) is 2.03. The standard InChI is InChI=1S/C36H25N/c1-3-13-25(14-4-1)27-17-7-9-19-29(27)31-23-24-34-36(32-21-11-12-22-33(32)37-34)35(31)30-20-10-8-18-28(30)26-15-5-2-6-16-26/h1-24,37H/i23D,24D. The molecule has 0 radical (unpaired) electrons. The average Bonchev–Trinajstić information content (AvgIpc) is 3.39. The Hall–Kier alpha value is -4.88. The first-order chi connectivity index (χ1) is 19.2. The molecule has 0 aliphatic heterocycles. The fourth-order valence-corrected chi connectivity index (χ4v) is 5.42. The van der Waals surface area contributed by atoms with E-state index in [1.54, 1.807) is 0 Å². The highest BCUT2D eigenvalue weighted by Gasteiger charge is 2.20.